The Labute approximate surface area is 135 Å². The molecule has 0 aromatic carbocycles. The molecule has 0 amide bonds. The topological polar surface area (TPSA) is 85.3 Å². The Morgan fingerprint density at radius 1 is 1.17 bits per heavy atom. The van der Waals surface area contributed by atoms with Gasteiger partial charge in [-0.1, -0.05) is 0 Å². The van der Waals surface area contributed by atoms with Gasteiger partial charge < -0.3 is 4.74 Å². The summed E-state index contributed by atoms with van der Waals surface area (Å²) in [5, 5.41) is 7.93. The summed E-state index contributed by atoms with van der Waals surface area (Å²) >= 11 is 0. The largest absolute Gasteiger partial charge is 0.473 e. The van der Waals surface area contributed by atoms with E-state index >= 15 is 0 Å². The zero-order valence-corrected chi connectivity index (χ0v) is 13.6. The van der Waals surface area contributed by atoms with Crippen LogP contribution >= 0.6 is 0 Å². The first-order chi connectivity index (χ1) is 11.1. The van der Waals surface area contributed by atoms with E-state index < -0.39 is 10.0 Å². The number of aryl methyl sites for hydroxylation is 1. The van der Waals surface area contributed by atoms with Crippen LogP contribution in [-0.2, 0) is 10.0 Å². The smallest absolute Gasteiger partial charge is 0.244 e. The van der Waals surface area contributed by atoms with Crippen molar-refractivity contribution >= 4 is 10.0 Å². The van der Waals surface area contributed by atoms with E-state index in [0.29, 0.717) is 31.8 Å². The number of sulfonamides is 1. The van der Waals surface area contributed by atoms with Crippen LogP contribution in [0.15, 0.2) is 41.6 Å². The summed E-state index contributed by atoms with van der Waals surface area (Å²) < 4.78 is 32.3. The van der Waals surface area contributed by atoms with Gasteiger partial charge in [0.1, 0.15) is 11.0 Å². The highest BCUT2D eigenvalue weighted by Gasteiger charge is 2.30. The lowest BCUT2D eigenvalue weighted by Gasteiger charge is -2.30. The highest BCUT2D eigenvalue weighted by molar-refractivity contribution is 7.89. The number of hydrogen-bond donors (Lipinski definition) is 0. The molecule has 0 aliphatic carbocycles. The molecule has 2 aromatic rings. The lowest BCUT2D eigenvalue weighted by molar-refractivity contribution is 0.128. The number of aromatic nitrogens is 3. The first-order valence-electron chi connectivity index (χ1n) is 7.43. The lowest BCUT2D eigenvalue weighted by atomic mass is 10.1. The number of hydrogen-bond acceptors (Lipinski definition) is 6. The molecule has 0 radical (unpaired) electrons. The van der Waals surface area contributed by atoms with E-state index in [9.17, 15) is 8.42 Å². The first-order valence-corrected chi connectivity index (χ1v) is 8.87. The van der Waals surface area contributed by atoms with E-state index in [4.69, 9.17) is 4.74 Å². The molecule has 0 atom stereocenters. The summed E-state index contributed by atoms with van der Waals surface area (Å²) in [7, 11) is -3.48. The molecule has 0 bridgehead atoms. The van der Waals surface area contributed by atoms with Crippen LogP contribution in [0.1, 0.15) is 18.5 Å². The molecule has 1 saturated heterocycles. The van der Waals surface area contributed by atoms with Gasteiger partial charge in [0.2, 0.25) is 15.9 Å². The van der Waals surface area contributed by atoms with Crippen LogP contribution in [-0.4, -0.2) is 47.1 Å². The predicted molar refractivity (Wildman–Crippen MR) is 83.4 cm³/mol. The molecule has 7 nitrogen and oxygen atoms in total. The van der Waals surface area contributed by atoms with Gasteiger partial charge in [0.25, 0.3) is 0 Å². The Balaban J connectivity index is 1.61. The fourth-order valence-electron chi connectivity index (χ4n) is 2.46. The molecule has 2 aromatic heterocycles. The molecule has 23 heavy (non-hydrogen) atoms. The number of nitrogens with zero attached hydrogens (tertiary/aromatic N) is 4. The molecule has 0 unspecified atom stereocenters. The average molecular weight is 334 g/mol. The second-order valence-corrected chi connectivity index (χ2v) is 7.36. The molecular formula is C15H18N4O3S. The van der Waals surface area contributed by atoms with Crippen LogP contribution < -0.4 is 4.74 Å². The standard InChI is InChI=1S/C15H18N4O3S/c1-12-4-5-15(18-17-12)22-13-6-9-19(10-7-13)23(20,21)14-3-2-8-16-11-14/h2-5,8,11,13H,6-7,9-10H2,1H3. The number of ether oxygens (including phenoxy) is 1. The molecule has 0 N–H and O–H groups in total. The number of pyridine rings is 1. The Hall–Kier alpha value is -2.06. The van der Waals surface area contributed by atoms with Gasteiger partial charge in [-0.3, -0.25) is 4.98 Å². The van der Waals surface area contributed by atoms with Gasteiger partial charge in [-0.2, -0.15) is 9.40 Å². The fraction of sp³-hybridized carbons (Fsp3) is 0.400. The Bertz CT molecular complexity index is 742. The molecular weight excluding hydrogens is 316 g/mol. The molecule has 122 valence electrons. The van der Waals surface area contributed by atoms with Crippen LogP contribution in [0.3, 0.4) is 0 Å². The SMILES string of the molecule is Cc1ccc(OC2CCN(S(=O)(=O)c3cccnc3)CC2)nn1. The third-order valence-electron chi connectivity index (χ3n) is 3.73. The molecule has 1 fully saturated rings. The minimum absolute atomic E-state index is 0.0487. The van der Waals surface area contributed by atoms with Crippen LogP contribution in [0.5, 0.6) is 5.88 Å². The minimum Gasteiger partial charge on any atom is -0.473 e. The Morgan fingerprint density at radius 3 is 2.57 bits per heavy atom. The molecule has 0 spiro atoms. The molecule has 0 saturated carbocycles. The van der Waals surface area contributed by atoms with Gasteiger partial charge in [0.05, 0.1) is 5.69 Å². The summed E-state index contributed by atoms with van der Waals surface area (Å²) in [4.78, 5) is 4.10. The van der Waals surface area contributed by atoms with Crippen LogP contribution in [0.4, 0.5) is 0 Å². The quantitative estimate of drug-likeness (QED) is 0.840. The summed E-state index contributed by atoms with van der Waals surface area (Å²) in [6.07, 6.45) is 4.12. The van der Waals surface area contributed by atoms with E-state index in [-0.39, 0.29) is 11.0 Å². The predicted octanol–water partition coefficient (Wildman–Crippen LogP) is 1.41. The summed E-state index contributed by atoms with van der Waals surface area (Å²) in [6, 6.07) is 6.80. The molecule has 3 heterocycles. The Morgan fingerprint density at radius 2 is 1.96 bits per heavy atom. The van der Waals surface area contributed by atoms with Crippen LogP contribution in [0.25, 0.3) is 0 Å². The van der Waals surface area contributed by atoms with Gasteiger partial charge in [-0.05, 0) is 38.0 Å². The highest BCUT2D eigenvalue weighted by atomic mass is 32.2. The second-order valence-electron chi connectivity index (χ2n) is 5.42. The van der Waals surface area contributed by atoms with E-state index in [0.717, 1.165) is 5.69 Å². The molecule has 1 aliphatic rings. The second kappa shape index (κ2) is 6.59. The molecule has 8 heteroatoms. The Kier molecular flexibility index (Phi) is 4.53. The van der Waals surface area contributed by atoms with E-state index in [2.05, 4.69) is 15.2 Å². The van der Waals surface area contributed by atoms with E-state index in [1.54, 1.807) is 24.4 Å². The molecule has 1 aliphatic heterocycles. The van der Waals surface area contributed by atoms with Crippen molar-refractivity contribution in [3.8, 4) is 5.88 Å². The van der Waals surface area contributed by atoms with Crippen molar-refractivity contribution in [3.63, 3.8) is 0 Å². The highest BCUT2D eigenvalue weighted by Crippen LogP contribution is 2.22. The zero-order chi connectivity index (χ0) is 16.3. The van der Waals surface area contributed by atoms with Gasteiger partial charge in [-0.25, -0.2) is 8.42 Å². The van der Waals surface area contributed by atoms with Crippen molar-refractivity contribution < 1.29 is 13.2 Å². The van der Waals surface area contributed by atoms with Gasteiger partial charge in [0, 0.05) is 31.5 Å². The zero-order valence-electron chi connectivity index (χ0n) is 12.8. The van der Waals surface area contributed by atoms with Crippen molar-refractivity contribution in [2.24, 2.45) is 0 Å². The normalized spacial score (nSPS) is 17.1. The third kappa shape index (κ3) is 3.65. The third-order valence-corrected chi connectivity index (χ3v) is 5.62. The maximum Gasteiger partial charge on any atom is 0.244 e. The monoisotopic (exact) mass is 334 g/mol. The number of rotatable bonds is 4. The van der Waals surface area contributed by atoms with Crippen molar-refractivity contribution in [2.75, 3.05) is 13.1 Å². The minimum atomic E-state index is -3.48. The van der Waals surface area contributed by atoms with Crippen molar-refractivity contribution in [1.29, 1.82) is 0 Å². The average Bonchev–Trinajstić information content (AvgIpc) is 2.58. The van der Waals surface area contributed by atoms with Crippen molar-refractivity contribution in [1.82, 2.24) is 19.5 Å². The van der Waals surface area contributed by atoms with Crippen LogP contribution in [0.2, 0.25) is 0 Å². The van der Waals surface area contributed by atoms with E-state index in [1.165, 1.54) is 10.5 Å². The van der Waals surface area contributed by atoms with Crippen molar-refractivity contribution in [2.45, 2.75) is 30.8 Å². The lowest BCUT2D eigenvalue weighted by Crippen LogP contribution is -2.41. The van der Waals surface area contributed by atoms with Crippen molar-refractivity contribution in [3.05, 3.63) is 42.4 Å². The molecule has 3 rings (SSSR count). The summed E-state index contributed by atoms with van der Waals surface area (Å²) in [5.74, 6) is 0.476. The maximum absolute atomic E-state index is 12.5. The first kappa shape index (κ1) is 15.8. The van der Waals surface area contributed by atoms with Gasteiger partial charge in [0.15, 0.2) is 0 Å². The van der Waals surface area contributed by atoms with Gasteiger partial charge in [-0.15, -0.1) is 5.10 Å². The summed E-state index contributed by atoms with van der Waals surface area (Å²) in [5.41, 5.74) is 0.828. The maximum atomic E-state index is 12.5. The van der Waals surface area contributed by atoms with Gasteiger partial charge >= 0.3 is 0 Å². The van der Waals surface area contributed by atoms with E-state index in [1.807, 2.05) is 13.0 Å². The number of piperidine rings is 1. The summed E-state index contributed by atoms with van der Waals surface area (Å²) in [6.45, 7) is 2.70. The van der Waals surface area contributed by atoms with Crippen LogP contribution in [0, 0.1) is 6.92 Å². The fourth-order valence-corrected chi connectivity index (χ4v) is 3.89.